The van der Waals surface area contributed by atoms with Crippen LogP contribution in [0.25, 0.3) is 0 Å². The lowest BCUT2D eigenvalue weighted by molar-refractivity contribution is 0.0905. The van der Waals surface area contributed by atoms with Crippen molar-refractivity contribution in [2.45, 2.75) is 19.4 Å². The largest absolute Gasteiger partial charge is 0.492 e. The second-order valence-corrected chi connectivity index (χ2v) is 4.77. The summed E-state index contributed by atoms with van der Waals surface area (Å²) in [5.41, 5.74) is 2.79. The first-order valence-electron chi connectivity index (χ1n) is 6.28. The summed E-state index contributed by atoms with van der Waals surface area (Å²) in [7, 11) is 3.24. The number of hydrogen-bond donors (Lipinski definition) is 0. The zero-order valence-electron chi connectivity index (χ0n) is 11.0. The quantitative estimate of drug-likeness (QED) is 0.766. The molecule has 0 unspecified atom stereocenters. The van der Waals surface area contributed by atoms with Crippen molar-refractivity contribution in [3.8, 4) is 0 Å². The normalized spacial score (nSPS) is 18.5. The van der Waals surface area contributed by atoms with Gasteiger partial charge in [0.05, 0.1) is 19.3 Å². The number of allylic oxidation sites excluding steroid dienone is 2. The SMILES string of the molecule is COC1=CC(=O)c2c(c3c(n2C)CCCOC3)C1=O. The van der Waals surface area contributed by atoms with Gasteiger partial charge in [0.15, 0.2) is 5.76 Å². The van der Waals surface area contributed by atoms with E-state index in [2.05, 4.69) is 0 Å². The fraction of sp³-hybridized carbons (Fsp3) is 0.429. The molecule has 1 aliphatic carbocycles. The Morgan fingerprint density at radius 3 is 2.89 bits per heavy atom. The van der Waals surface area contributed by atoms with Crippen LogP contribution in [-0.4, -0.2) is 29.9 Å². The van der Waals surface area contributed by atoms with Gasteiger partial charge in [-0.05, 0) is 12.8 Å². The minimum absolute atomic E-state index is 0.107. The molecule has 100 valence electrons. The predicted octanol–water partition coefficient (Wildman–Crippen LogP) is 1.40. The summed E-state index contributed by atoms with van der Waals surface area (Å²) in [5, 5.41) is 0. The highest BCUT2D eigenvalue weighted by Gasteiger charge is 2.35. The lowest BCUT2D eigenvalue weighted by Gasteiger charge is -2.13. The van der Waals surface area contributed by atoms with Crippen LogP contribution in [0.2, 0.25) is 0 Å². The minimum atomic E-state index is -0.223. The van der Waals surface area contributed by atoms with E-state index in [-0.39, 0.29) is 17.3 Å². The number of carbonyl (C=O) groups excluding carboxylic acids is 2. The van der Waals surface area contributed by atoms with Crippen molar-refractivity contribution in [2.24, 2.45) is 7.05 Å². The van der Waals surface area contributed by atoms with Crippen LogP contribution in [0.4, 0.5) is 0 Å². The van der Waals surface area contributed by atoms with Crippen LogP contribution in [0, 0.1) is 0 Å². The zero-order chi connectivity index (χ0) is 13.6. The standard InChI is InChI=1S/C14H15NO4/c1-15-9-4-3-5-19-7-8(9)12-13(15)10(16)6-11(18-2)14(12)17/h6H,3-5,7H2,1-2H3. The fourth-order valence-electron chi connectivity index (χ4n) is 2.84. The Labute approximate surface area is 110 Å². The third kappa shape index (κ3) is 1.65. The molecule has 0 fully saturated rings. The highest BCUT2D eigenvalue weighted by atomic mass is 16.5. The van der Waals surface area contributed by atoms with Gasteiger partial charge in [-0.15, -0.1) is 0 Å². The Morgan fingerprint density at radius 2 is 2.16 bits per heavy atom. The van der Waals surface area contributed by atoms with Crippen molar-refractivity contribution in [1.29, 1.82) is 0 Å². The first-order chi connectivity index (χ1) is 9.15. The first kappa shape index (κ1) is 12.2. The Bertz CT molecular complexity index is 609. The molecule has 1 aromatic heterocycles. The van der Waals surface area contributed by atoms with Crippen LogP contribution >= 0.6 is 0 Å². The van der Waals surface area contributed by atoms with Gasteiger partial charge in [0, 0.05) is 31.0 Å². The molecule has 5 heteroatoms. The van der Waals surface area contributed by atoms with Crippen molar-refractivity contribution in [1.82, 2.24) is 4.57 Å². The van der Waals surface area contributed by atoms with Crippen LogP contribution in [0.5, 0.6) is 0 Å². The molecular weight excluding hydrogens is 246 g/mol. The maximum absolute atomic E-state index is 12.4. The summed E-state index contributed by atoms with van der Waals surface area (Å²) < 4.78 is 12.4. The molecule has 0 N–H and O–H groups in total. The number of rotatable bonds is 1. The molecular formula is C14H15NO4. The van der Waals surface area contributed by atoms with E-state index in [0.717, 1.165) is 24.1 Å². The molecule has 19 heavy (non-hydrogen) atoms. The number of ketones is 2. The van der Waals surface area contributed by atoms with Crippen molar-refractivity contribution in [3.05, 3.63) is 34.3 Å². The summed E-state index contributed by atoms with van der Waals surface area (Å²) in [6.07, 6.45) is 2.99. The molecule has 0 atom stereocenters. The van der Waals surface area contributed by atoms with Crippen molar-refractivity contribution < 1.29 is 19.1 Å². The van der Waals surface area contributed by atoms with Gasteiger partial charge in [0.25, 0.3) is 0 Å². The van der Waals surface area contributed by atoms with E-state index in [1.54, 1.807) is 0 Å². The third-order valence-electron chi connectivity index (χ3n) is 3.74. The van der Waals surface area contributed by atoms with Gasteiger partial charge in [0.1, 0.15) is 5.69 Å². The molecule has 1 aromatic rings. The number of fused-ring (bicyclic) bond motifs is 3. The second-order valence-electron chi connectivity index (χ2n) is 4.77. The average molecular weight is 261 g/mol. The van der Waals surface area contributed by atoms with Crippen LogP contribution in [0.15, 0.2) is 11.8 Å². The first-order valence-corrected chi connectivity index (χ1v) is 6.28. The number of Topliss-reactive ketones (excluding diaryl/α,β-unsaturated/α-hetero) is 1. The summed E-state index contributed by atoms with van der Waals surface area (Å²) in [6, 6.07) is 0. The summed E-state index contributed by atoms with van der Waals surface area (Å²) in [5.74, 6) is -0.295. The van der Waals surface area contributed by atoms with Crippen molar-refractivity contribution in [3.63, 3.8) is 0 Å². The molecule has 5 nitrogen and oxygen atoms in total. The molecule has 0 saturated heterocycles. The van der Waals surface area contributed by atoms with Gasteiger partial charge < -0.3 is 14.0 Å². The highest BCUT2D eigenvalue weighted by molar-refractivity contribution is 6.24. The number of aromatic nitrogens is 1. The minimum Gasteiger partial charge on any atom is -0.492 e. The van der Waals surface area contributed by atoms with Gasteiger partial charge in [0.2, 0.25) is 11.6 Å². The van der Waals surface area contributed by atoms with Gasteiger partial charge in [-0.3, -0.25) is 9.59 Å². The van der Waals surface area contributed by atoms with Gasteiger partial charge in [-0.1, -0.05) is 0 Å². The Hall–Kier alpha value is -1.88. The van der Waals surface area contributed by atoms with E-state index in [9.17, 15) is 9.59 Å². The maximum atomic E-state index is 12.4. The topological polar surface area (TPSA) is 57.5 Å². The lowest BCUT2D eigenvalue weighted by atomic mass is 9.96. The molecule has 0 spiro atoms. The van der Waals surface area contributed by atoms with E-state index < -0.39 is 0 Å². The predicted molar refractivity (Wildman–Crippen MR) is 67.1 cm³/mol. The van der Waals surface area contributed by atoms with Gasteiger partial charge in [-0.25, -0.2) is 0 Å². The monoisotopic (exact) mass is 261 g/mol. The molecule has 0 saturated carbocycles. The molecule has 2 heterocycles. The van der Waals surface area contributed by atoms with Gasteiger partial charge in [-0.2, -0.15) is 0 Å². The van der Waals surface area contributed by atoms with Crippen molar-refractivity contribution >= 4 is 11.6 Å². The zero-order valence-corrected chi connectivity index (χ0v) is 11.0. The number of carbonyl (C=O) groups is 2. The molecule has 0 aromatic carbocycles. The fourth-order valence-corrected chi connectivity index (χ4v) is 2.84. The third-order valence-corrected chi connectivity index (χ3v) is 3.74. The Kier molecular flexibility index (Phi) is 2.78. The van der Waals surface area contributed by atoms with Crippen LogP contribution in [-0.2, 0) is 29.5 Å². The van der Waals surface area contributed by atoms with Gasteiger partial charge >= 0.3 is 0 Å². The number of hydrogen-bond acceptors (Lipinski definition) is 4. The molecule has 0 radical (unpaired) electrons. The Balaban J connectivity index is 2.24. The maximum Gasteiger partial charge on any atom is 0.230 e. The van der Waals surface area contributed by atoms with Crippen molar-refractivity contribution in [2.75, 3.05) is 13.7 Å². The number of ether oxygens (including phenoxy) is 2. The van der Waals surface area contributed by atoms with E-state index in [1.807, 2.05) is 11.6 Å². The summed E-state index contributed by atoms with van der Waals surface area (Å²) in [6.45, 7) is 1.06. The van der Waals surface area contributed by atoms with E-state index in [4.69, 9.17) is 9.47 Å². The van der Waals surface area contributed by atoms with E-state index >= 15 is 0 Å². The van der Waals surface area contributed by atoms with E-state index in [1.165, 1.54) is 13.2 Å². The van der Waals surface area contributed by atoms with Crippen LogP contribution in [0.1, 0.15) is 38.5 Å². The number of methoxy groups -OCH3 is 1. The van der Waals surface area contributed by atoms with Crippen LogP contribution in [0.3, 0.4) is 0 Å². The molecule has 3 rings (SSSR count). The second kappa shape index (κ2) is 4.35. The highest BCUT2D eigenvalue weighted by Crippen LogP contribution is 2.32. The smallest absolute Gasteiger partial charge is 0.230 e. The Morgan fingerprint density at radius 1 is 1.37 bits per heavy atom. The summed E-state index contributed by atoms with van der Waals surface area (Å²) in [4.78, 5) is 24.5. The van der Waals surface area contributed by atoms with Crippen LogP contribution < -0.4 is 0 Å². The lowest BCUT2D eigenvalue weighted by Crippen LogP contribution is -2.20. The molecule has 0 bridgehead atoms. The molecule has 0 amide bonds. The molecule has 1 aliphatic heterocycles. The van der Waals surface area contributed by atoms with E-state index in [0.29, 0.717) is 24.5 Å². The number of nitrogens with zero attached hydrogens (tertiary/aromatic N) is 1. The molecule has 2 aliphatic rings. The summed E-state index contributed by atoms with van der Waals surface area (Å²) >= 11 is 0. The average Bonchev–Trinajstić information content (AvgIpc) is 2.57.